The summed E-state index contributed by atoms with van der Waals surface area (Å²) in [6.45, 7) is -0.123. The highest BCUT2D eigenvalue weighted by atomic mass is 19.4. The number of hydrogen-bond donors (Lipinski definition) is 1. The topological polar surface area (TPSA) is 47.6 Å². The summed E-state index contributed by atoms with van der Waals surface area (Å²) in [5.74, 6) is -2.02. The molecule has 0 bridgehead atoms. The van der Waals surface area contributed by atoms with Crippen molar-refractivity contribution in [3.05, 3.63) is 35.1 Å². The van der Waals surface area contributed by atoms with E-state index in [1.165, 1.54) is 14.2 Å². The molecule has 0 aliphatic rings. The zero-order valence-electron chi connectivity index (χ0n) is 10.8. The predicted molar refractivity (Wildman–Crippen MR) is 61.5 cm³/mol. The lowest BCUT2D eigenvalue weighted by molar-refractivity contribution is -0.137. The molecule has 0 unspecified atom stereocenters. The number of nitrogens with one attached hydrogen (secondary N) is 1. The molecule has 0 heterocycles. The minimum absolute atomic E-state index is 0.123. The fraction of sp³-hybridized carbons (Fsp3) is 0.417. The Morgan fingerprint density at radius 2 is 1.90 bits per heavy atom. The summed E-state index contributed by atoms with van der Waals surface area (Å²) < 4.78 is 60.4. The number of benzene rings is 1. The van der Waals surface area contributed by atoms with Gasteiger partial charge in [-0.05, 0) is 18.2 Å². The third kappa shape index (κ3) is 4.17. The second-order valence-corrected chi connectivity index (χ2v) is 3.80. The molecule has 0 saturated carbocycles. The molecular weight excluding hydrogens is 282 g/mol. The smallest absolute Gasteiger partial charge is 0.354 e. The molecule has 0 fully saturated rings. The maximum atomic E-state index is 13.4. The van der Waals surface area contributed by atoms with Crippen molar-refractivity contribution >= 4 is 5.91 Å². The molecule has 0 saturated heterocycles. The Hall–Kier alpha value is -1.67. The standard InChI is InChI=1S/C12H13F4NO3/c1-19-10(20-2)6-17-11(18)8-5-7(12(14,15)16)3-4-9(8)13/h3-5,10H,6H2,1-2H3,(H,17,18). The molecule has 0 spiro atoms. The average Bonchev–Trinajstić information content (AvgIpc) is 2.38. The SMILES string of the molecule is COC(CNC(=O)c1cc(C(F)(F)F)ccc1F)OC. The van der Waals surface area contributed by atoms with Crippen LogP contribution in [-0.2, 0) is 15.7 Å². The van der Waals surface area contributed by atoms with Gasteiger partial charge in [0.15, 0.2) is 6.29 Å². The first kappa shape index (κ1) is 16.4. The maximum absolute atomic E-state index is 13.4. The van der Waals surface area contributed by atoms with Crippen LogP contribution in [0.1, 0.15) is 15.9 Å². The Morgan fingerprint density at radius 3 is 2.40 bits per heavy atom. The summed E-state index contributed by atoms with van der Waals surface area (Å²) in [7, 11) is 2.65. The van der Waals surface area contributed by atoms with Gasteiger partial charge in [0.05, 0.1) is 17.7 Å². The molecule has 1 amide bonds. The molecule has 0 atom stereocenters. The number of alkyl halides is 3. The van der Waals surface area contributed by atoms with E-state index in [1.54, 1.807) is 0 Å². The minimum Gasteiger partial charge on any atom is -0.354 e. The summed E-state index contributed by atoms with van der Waals surface area (Å²) in [5, 5.41) is 2.22. The van der Waals surface area contributed by atoms with E-state index in [9.17, 15) is 22.4 Å². The number of carbonyl (C=O) groups excluding carboxylic acids is 1. The van der Waals surface area contributed by atoms with Crippen LogP contribution in [0.3, 0.4) is 0 Å². The predicted octanol–water partition coefficient (Wildman–Crippen LogP) is 2.19. The number of halogens is 4. The second kappa shape index (κ2) is 6.67. The van der Waals surface area contributed by atoms with E-state index in [4.69, 9.17) is 9.47 Å². The first-order chi connectivity index (χ1) is 9.29. The van der Waals surface area contributed by atoms with E-state index >= 15 is 0 Å². The van der Waals surface area contributed by atoms with Crippen LogP contribution >= 0.6 is 0 Å². The van der Waals surface area contributed by atoms with Gasteiger partial charge in [-0.1, -0.05) is 0 Å². The normalized spacial score (nSPS) is 11.8. The number of hydrogen-bond acceptors (Lipinski definition) is 3. The summed E-state index contributed by atoms with van der Waals surface area (Å²) in [5.41, 5.74) is -1.79. The lowest BCUT2D eigenvalue weighted by atomic mass is 10.1. The number of ether oxygens (including phenoxy) is 2. The molecule has 4 nitrogen and oxygen atoms in total. The van der Waals surface area contributed by atoms with E-state index in [-0.39, 0.29) is 6.54 Å². The van der Waals surface area contributed by atoms with Gasteiger partial charge in [0.25, 0.3) is 5.91 Å². The van der Waals surface area contributed by atoms with Gasteiger partial charge in [-0.15, -0.1) is 0 Å². The Balaban J connectivity index is 2.87. The first-order valence-corrected chi connectivity index (χ1v) is 5.50. The quantitative estimate of drug-likeness (QED) is 0.669. The zero-order valence-corrected chi connectivity index (χ0v) is 10.8. The Morgan fingerprint density at radius 1 is 1.30 bits per heavy atom. The Bertz CT molecular complexity index is 472. The van der Waals surface area contributed by atoms with Gasteiger partial charge in [0, 0.05) is 14.2 Å². The molecule has 1 aromatic carbocycles. The highest BCUT2D eigenvalue weighted by Crippen LogP contribution is 2.30. The fourth-order valence-corrected chi connectivity index (χ4v) is 1.41. The summed E-state index contributed by atoms with van der Waals surface area (Å²) in [4.78, 5) is 11.7. The van der Waals surface area contributed by atoms with Crippen molar-refractivity contribution in [1.82, 2.24) is 5.32 Å². The third-order valence-corrected chi connectivity index (χ3v) is 2.49. The molecule has 20 heavy (non-hydrogen) atoms. The van der Waals surface area contributed by atoms with Crippen molar-refractivity contribution in [3.63, 3.8) is 0 Å². The summed E-state index contributed by atoms with van der Waals surface area (Å²) >= 11 is 0. The van der Waals surface area contributed by atoms with Gasteiger partial charge < -0.3 is 14.8 Å². The Kier molecular flexibility index (Phi) is 5.46. The molecular formula is C12H13F4NO3. The van der Waals surface area contributed by atoms with Crippen molar-refractivity contribution in [2.45, 2.75) is 12.5 Å². The lowest BCUT2D eigenvalue weighted by Gasteiger charge is -2.15. The van der Waals surface area contributed by atoms with Crippen molar-refractivity contribution in [3.8, 4) is 0 Å². The monoisotopic (exact) mass is 295 g/mol. The maximum Gasteiger partial charge on any atom is 0.416 e. The molecule has 0 aromatic heterocycles. The number of carbonyl (C=O) groups is 1. The van der Waals surface area contributed by atoms with Gasteiger partial charge in [0.1, 0.15) is 5.82 Å². The molecule has 1 N–H and O–H groups in total. The van der Waals surface area contributed by atoms with Gasteiger partial charge in [-0.3, -0.25) is 4.79 Å². The van der Waals surface area contributed by atoms with Gasteiger partial charge in [-0.25, -0.2) is 4.39 Å². The van der Waals surface area contributed by atoms with E-state index in [0.29, 0.717) is 18.2 Å². The molecule has 112 valence electrons. The van der Waals surface area contributed by atoms with Crippen LogP contribution in [0.25, 0.3) is 0 Å². The van der Waals surface area contributed by atoms with Gasteiger partial charge >= 0.3 is 6.18 Å². The average molecular weight is 295 g/mol. The lowest BCUT2D eigenvalue weighted by Crippen LogP contribution is -2.34. The van der Waals surface area contributed by atoms with E-state index in [1.807, 2.05) is 0 Å². The first-order valence-electron chi connectivity index (χ1n) is 5.50. The summed E-state index contributed by atoms with van der Waals surface area (Å²) in [6.07, 6.45) is -5.42. The summed E-state index contributed by atoms with van der Waals surface area (Å²) in [6, 6.07) is 1.63. The van der Waals surface area contributed by atoms with E-state index in [2.05, 4.69) is 5.32 Å². The molecule has 1 rings (SSSR count). The van der Waals surface area contributed by atoms with Crippen LogP contribution in [-0.4, -0.2) is 33.0 Å². The van der Waals surface area contributed by atoms with Crippen LogP contribution < -0.4 is 5.32 Å². The third-order valence-electron chi connectivity index (χ3n) is 2.49. The fourth-order valence-electron chi connectivity index (χ4n) is 1.41. The molecule has 0 aliphatic heterocycles. The highest BCUT2D eigenvalue weighted by molar-refractivity contribution is 5.94. The van der Waals surface area contributed by atoms with Crippen LogP contribution in [0.5, 0.6) is 0 Å². The molecule has 0 radical (unpaired) electrons. The van der Waals surface area contributed by atoms with Gasteiger partial charge in [0.2, 0.25) is 0 Å². The highest BCUT2D eigenvalue weighted by Gasteiger charge is 2.31. The van der Waals surface area contributed by atoms with Crippen molar-refractivity contribution in [2.75, 3.05) is 20.8 Å². The largest absolute Gasteiger partial charge is 0.416 e. The van der Waals surface area contributed by atoms with Gasteiger partial charge in [-0.2, -0.15) is 13.2 Å². The van der Waals surface area contributed by atoms with Crippen LogP contribution in [0.4, 0.5) is 17.6 Å². The number of rotatable bonds is 5. The van der Waals surface area contributed by atoms with Crippen LogP contribution in [0.2, 0.25) is 0 Å². The van der Waals surface area contributed by atoms with Crippen molar-refractivity contribution in [1.29, 1.82) is 0 Å². The Labute approximate surface area is 112 Å². The molecule has 0 aliphatic carbocycles. The van der Waals surface area contributed by atoms with E-state index < -0.39 is 35.3 Å². The van der Waals surface area contributed by atoms with E-state index in [0.717, 1.165) is 0 Å². The van der Waals surface area contributed by atoms with Crippen LogP contribution in [0, 0.1) is 5.82 Å². The minimum atomic E-state index is -4.65. The number of amides is 1. The second-order valence-electron chi connectivity index (χ2n) is 3.80. The van der Waals surface area contributed by atoms with Crippen molar-refractivity contribution < 1.29 is 31.8 Å². The zero-order chi connectivity index (χ0) is 15.3. The van der Waals surface area contributed by atoms with Crippen molar-refractivity contribution in [2.24, 2.45) is 0 Å². The van der Waals surface area contributed by atoms with Crippen LogP contribution in [0.15, 0.2) is 18.2 Å². The molecule has 8 heteroatoms. The number of methoxy groups -OCH3 is 2. The molecule has 1 aromatic rings.